The molecule has 2 aliphatic rings. The van der Waals surface area contributed by atoms with Crippen LogP contribution in [0.4, 0.5) is 4.79 Å². The molecule has 2 aromatic carbocycles. The summed E-state index contributed by atoms with van der Waals surface area (Å²) in [7, 11) is 1.82. The number of carbonyl (C=O) groups is 3. The summed E-state index contributed by atoms with van der Waals surface area (Å²) >= 11 is 0. The summed E-state index contributed by atoms with van der Waals surface area (Å²) < 4.78 is 1.70. The molecule has 5 rings (SSSR count). The first-order chi connectivity index (χ1) is 15.0. The molecule has 2 saturated heterocycles. The van der Waals surface area contributed by atoms with Gasteiger partial charge in [-0.3, -0.25) is 19.2 Å². The third-order valence-corrected chi connectivity index (χ3v) is 6.29. The van der Waals surface area contributed by atoms with Crippen molar-refractivity contribution in [3.05, 3.63) is 65.9 Å². The maximum absolute atomic E-state index is 13.1. The third-order valence-electron chi connectivity index (χ3n) is 6.29. The Balaban J connectivity index is 1.31. The summed E-state index contributed by atoms with van der Waals surface area (Å²) in [5, 5.41) is 8.14. The number of hydrogen-bond donors (Lipinski definition) is 1. The molecule has 3 heterocycles. The molecule has 31 heavy (non-hydrogen) atoms. The summed E-state index contributed by atoms with van der Waals surface area (Å²) in [5.74, 6) is -0.360. The van der Waals surface area contributed by atoms with Crippen molar-refractivity contribution in [2.75, 3.05) is 13.1 Å². The molecule has 2 fully saturated rings. The number of nitrogens with one attached hydrogen (secondary N) is 1. The number of imide groups is 1. The standard InChI is InChI=1S/C23H23N5O3/c1-26-18-10-6-5-9-17(18)19(25-26)20(29)27-13-11-23(12-14-27)21(30)28(22(31)24-23)15-16-7-3-2-4-8-16/h2-10H,11-15H2,1H3,(H,24,31). The van der Waals surface area contributed by atoms with E-state index in [1.807, 2.05) is 61.6 Å². The van der Waals surface area contributed by atoms with Gasteiger partial charge in [-0.25, -0.2) is 4.79 Å². The Labute approximate surface area is 179 Å². The Morgan fingerprint density at radius 1 is 1.03 bits per heavy atom. The minimum absolute atomic E-state index is 0.149. The molecular formula is C23H23N5O3. The summed E-state index contributed by atoms with van der Waals surface area (Å²) in [4.78, 5) is 41.8. The maximum Gasteiger partial charge on any atom is 0.325 e. The first-order valence-electron chi connectivity index (χ1n) is 10.4. The quantitative estimate of drug-likeness (QED) is 0.663. The third kappa shape index (κ3) is 3.15. The number of amides is 4. The highest BCUT2D eigenvalue weighted by atomic mass is 16.2. The smallest absolute Gasteiger partial charge is 0.325 e. The molecule has 3 aromatic rings. The first kappa shape index (κ1) is 19.3. The van der Waals surface area contributed by atoms with Crippen LogP contribution in [0.2, 0.25) is 0 Å². The maximum atomic E-state index is 13.1. The Kier molecular flexibility index (Phi) is 4.50. The van der Waals surface area contributed by atoms with Gasteiger partial charge in [0.1, 0.15) is 5.54 Å². The number of rotatable bonds is 3. The number of likely N-dealkylation sites (tertiary alicyclic amines) is 1. The van der Waals surface area contributed by atoms with Crippen LogP contribution >= 0.6 is 0 Å². The largest absolute Gasteiger partial charge is 0.337 e. The van der Waals surface area contributed by atoms with Crippen molar-refractivity contribution < 1.29 is 14.4 Å². The van der Waals surface area contributed by atoms with Crippen LogP contribution < -0.4 is 5.32 Å². The average molecular weight is 417 g/mol. The van der Waals surface area contributed by atoms with Crippen molar-refractivity contribution in [2.24, 2.45) is 7.05 Å². The molecule has 1 N–H and O–H groups in total. The lowest BCUT2D eigenvalue weighted by molar-refractivity contribution is -0.133. The Morgan fingerprint density at radius 3 is 2.45 bits per heavy atom. The second kappa shape index (κ2) is 7.23. The van der Waals surface area contributed by atoms with E-state index in [1.165, 1.54) is 4.90 Å². The number of piperidine rings is 1. The van der Waals surface area contributed by atoms with Crippen molar-refractivity contribution in [3.8, 4) is 0 Å². The molecule has 0 saturated carbocycles. The van der Waals surface area contributed by atoms with Gasteiger partial charge < -0.3 is 10.2 Å². The zero-order chi connectivity index (χ0) is 21.6. The van der Waals surface area contributed by atoms with Crippen LogP contribution in [-0.4, -0.2) is 56.1 Å². The van der Waals surface area contributed by atoms with Gasteiger partial charge >= 0.3 is 6.03 Å². The van der Waals surface area contributed by atoms with Gasteiger partial charge in [-0.05, 0) is 24.5 Å². The number of fused-ring (bicyclic) bond motifs is 1. The van der Waals surface area contributed by atoms with Gasteiger partial charge in [-0.2, -0.15) is 5.10 Å². The van der Waals surface area contributed by atoms with Crippen molar-refractivity contribution in [1.29, 1.82) is 0 Å². The van der Waals surface area contributed by atoms with Crippen LogP contribution in [0.15, 0.2) is 54.6 Å². The van der Waals surface area contributed by atoms with Crippen molar-refractivity contribution in [2.45, 2.75) is 24.9 Å². The van der Waals surface area contributed by atoms with E-state index in [2.05, 4.69) is 10.4 Å². The Bertz CT molecular complexity index is 1180. The number of carbonyl (C=O) groups excluding carboxylic acids is 3. The molecule has 0 unspecified atom stereocenters. The predicted molar refractivity (Wildman–Crippen MR) is 114 cm³/mol. The first-order valence-corrected chi connectivity index (χ1v) is 10.4. The fraction of sp³-hybridized carbons (Fsp3) is 0.304. The predicted octanol–water partition coefficient (Wildman–Crippen LogP) is 2.30. The van der Waals surface area contributed by atoms with Gasteiger partial charge in [-0.15, -0.1) is 0 Å². The van der Waals surface area contributed by atoms with Gasteiger partial charge in [0.15, 0.2) is 5.69 Å². The van der Waals surface area contributed by atoms with E-state index in [9.17, 15) is 14.4 Å². The van der Waals surface area contributed by atoms with Crippen LogP contribution in [0.5, 0.6) is 0 Å². The highest BCUT2D eigenvalue weighted by molar-refractivity contribution is 6.08. The molecule has 0 bridgehead atoms. The van der Waals surface area contributed by atoms with Gasteiger partial charge in [0.05, 0.1) is 12.1 Å². The van der Waals surface area contributed by atoms with Gasteiger partial charge in [0, 0.05) is 25.5 Å². The van der Waals surface area contributed by atoms with Crippen LogP contribution in [-0.2, 0) is 18.4 Å². The Hall–Kier alpha value is -3.68. The molecule has 0 radical (unpaired) electrons. The molecule has 8 heteroatoms. The second-order valence-corrected chi connectivity index (χ2v) is 8.17. The number of aromatic nitrogens is 2. The molecule has 1 spiro atoms. The van der Waals surface area contributed by atoms with Crippen LogP contribution in [0.3, 0.4) is 0 Å². The van der Waals surface area contributed by atoms with Gasteiger partial charge in [-0.1, -0.05) is 48.5 Å². The SMILES string of the molecule is Cn1nc(C(=O)N2CCC3(CC2)NC(=O)N(Cc2ccccc2)C3=O)c2ccccc21. The molecule has 0 aliphatic carbocycles. The van der Waals surface area contributed by atoms with Crippen LogP contribution in [0.1, 0.15) is 28.9 Å². The fourth-order valence-electron chi connectivity index (χ4n) is 4.54. The summed E-state index contributed by atoms with van der Waals surface area (Å²) in [5.41, 5.74) is 1.28. The molecule has 158 valence electrons. The minimum Gasteiger partial charge on any atom is -0.337 e. The van der Waals surface area contributed by atoms with E-state index in [0.717, 1.165) is 16.5 Å². The van der Waals surface area contributed by atoms with Crippen molar-refractivity contribution in [3.63, 3.8) is 0 Å². The normalized spacial score (nSPS) is 18.1. The van der Waals surface area contributed by atoms with E-state index in [1.54, 1.807) is 9.58 Å². The van der Waals surface area contributed by atoms with E-state index >= 15 is 0 Å². The number of benzene rings is 2. The zero-order valence-electron chi connectivity index (χ0n) is 17.2. The molecule has 0 atom stereocenters. The number of aryl methyl sites for hydroxylation is 1. The van der Waals surface area contributed by atoms with Crippen molar-refractivity contribution >= 4 is 28.7 Å². The highest BCUT2D eigenvalue weighted by Crippen LogP contribution is 2.31. The van der Waals surface area contributed by atoms with Crippen LogP contribution in [0, 0.1) is 0 Å². The lowest BCUT2D eigenvalue weighted by Crippen LogP contribution is -2.55. The number of urea groups is 1. The lowest BCUT2D eigenvalue weighted by atomic mass is 9.87. The molecular weight excluding hydrogens is 394 g/mol. The summed E-state index contributed by atoms with van der Waals surface area (Å²) in [6.07, 6.45) is 0.777. The molecule has 1 aromatic heterocycles. The minimum atomic E-state index is -0.936. The molecule has 2 aliphatic heterocycles. The number of para-hydroxylation sites is 1. The average Bonchev–Trinajstić information content (AvgIpc) is 3.24. The number of hydrogen-bond acceptors (Lipinski definition) is 4. The van der Waals surface area contributed by atoms with E-state index in [-0.39, 0.29) is 24.4 Å². The van der Waals surface area contributed by atoms with Crippen LogP contribution in [0.25, 0.3) is 10.9 Å². The monoisotopic (exact) mass is 417 g/mol. The van der Waals surface area contributed by atoms with Gasteiger partial charge in [0.2, 0.25) is 0 Å². The summed E-state index contributed by atoms with van der Waals surface area (Å²) in [6.45, 7) is 1.01. The summed E-state index contributed by atoms with van der Waals surface area (Å²) in [6, 6.07) is 16.7. The Morgan fingerprint density at radius 2 is 1.71 bits per heavy atom. The van der Waals surface area contributed by atoms with Gasteiger partial charge in [0.25, 0.3) is 11.8 Å². The molecule has 8 nitrogen and oxygen atoms in total. The topological polar surface area (TPSA) is 87.5 Å². The van der Waals surface area contributed by atoms with E-state index in [0.29, 0.717) is 31.6 Å². The molecule has 4 amide bonds. The highest BCUT2D eigenvalue weighted by Gasteiger charge is 2.52. The van der Waals surface area contributed by atoms with E-state index in [4.69, 9.17) is 0 Å². The fourth-order valence-corrected chi connectivity index (χ4v) is 4.54. The lowest BCUT2D eigenvalue weighted by Gasteiger charge is -2.37. The van der Waals surface area contributed by atoms with Crippen molar-refractivity contribution in [1.82, 2.24) is 24.9 Å². The second-order valence-electron chi connectivity index (χ2n) is 8.17. The number of nitrogens with zero attached hydrogens (tertiary/aromatic N) is 4. The van der Waals surface area contributed by atoms with E-state index < -0.39 is 5.54 Å². The zero-order valence-corrected chi connectivity index (χ0v) is 17.2.